The molecule has 0 saturated heterocycles. The van der Waals surface area contributed by atoms with Gasteiger partial charge in [-0.1, -0.05) is 0 Å². The summed E-state index contributed by atoms with van der Waals surface area (Å²) < 4.78 is 7.05. The van der Waals surface area contributed by atoms with Crippen LogP contribution in [0, 0.1) is 0 Å². The minimum absolute atomic E-state index is 0.0787. The van der Waals surface area contributed by atoms with E-state index in [0.717, 1.165) is 44.3 Å². The molecular weight excluding hydrogens is 218 g/mol. The highest BCUT2D eigenvalue weighted by atomic mass is 16.5. The van der Waals surface area contributed by atoms with Gasteiger partial charge in [-0.2, -0.15) is 0 Å². The Bertz CT molecular complexity index is 326. The summed E-state index contributed by atoms with van der Waals surface area (Å²) >= 11 is 0. The second kappa shape index (κ2) is 7.24. The molecule has 0 fully saturated rings. The number of rotatable bonds is 8. The number of nitrogens with one attached hydrogen (secondary N) is 1. The van der Waals surface area contributed by atoms with Crippen molar-refractivity contribution in [2.75, 3.05) is 25.6 Å². The van der Waals surface area contributed by atoms with E-state index in [1.165, 1.54) is 0 Å². The van der Waals surface area contributed by atoms with Crippen molar-refractivity contribution >= 4 is 5.95 Å². The number of aromatic nitrogens is 3. The number of hydrogen-bond donors (Lipinski definition) is 2. The van der Waals surface area contributed by atoms with Gasteiger partial charge >= 0.3 is 0 Å². The normalized spacial score (nSPS) is 12.7. The van der Waals surface area contributed by atoms with Crippen molar-refractivity contribution in [3.8, 4) is 0 Å². The molecule has 1 aromatic heterocycles. The molecule has 98 valence electrons. The second-order valence-electron chi connectivity index (χ2n) is 3.90. The molecule has 1 unspecified atom stereocenters. The molecule has 3 N–H and O–H groups in total. The van der Waals surface area contributed by atoms with Gasteiger partial charge in [-0.15, -0.1) is 10.2 Å². The molecule has 1 aromatic rings. The first kappa shape index (κ1) is 13.9. The third kappa shape index (κ3) is 3.67. The first-order valence-corrected chi connectivity index (χ1v) is 6.16. The molecule has 1 rings (SSSR count). The van der Waals surface area contributed by atoms with Crippen LogP contribution in [0.15, 0.2) is 0 Å². The van der Waals surface area contributed by atoms with Gasteiger partial charge in [-0.25, -0.2) is 0 Å². The van der Waals surface area contributed by atoms with Crippen molar-refractivity contribution in [3.05, 3.63) is 5.82 Å². The van der Waals surface area contributed by atoms with E-state index in [4.69, 9.17) is 10.5 Å². The Morgan fingerprint density at radius 1 is 1.41 bits per heavy atom. The predicted molar refractivity (Wildman–Crippen MR) is 67.9 cm³/mol. The van der Waals surface area contributed by atoms with Crippen LogP contribution < -0.4 is 11.1 Å². The van der Waals surface area contributed by atoms with E-state index in [1.807, 2.05) is 11.5 Å². The Hall–Kier alpha value is -1.14. The van der Waals surface area contributed by atoms with Gasteiger partial charge in [0.1, 0.15) is 0 Å². The lowest BCUT2D eigenvalue weighted by atomic mass is 10.1. The molecule has 0 spiro atoms. The Kier molecular flexibility index (Phi) is 5.93. The minimum Gasteiger partial charge on any atom is -0.385 e. The molecule has 6 nitrogen and oxygen atoms in total. The Morgan fingerprint density at radius 2 is 2.18 bits per heavy atom. The van der Waals surface area contributed by atoms with Crippen molar-refractivity contribution < 1.29 is 4.74 Å². The van der Waals surface area contributed by atoms with Gasteiger partial charge in [-0.05, 0) is 26.7 Å². The maximum atomic E-state index is 6.11. The van der Waals surface area contributed by atoms with Crippen molar-refractivity contribution in [2.24, 2.45) is 5.73 Å². The zero-order chi connectivity index (χ0) is 12.7. The molecule has 0 amide bonds. The van der Waals surface area contributed by atoms with Crippen molar-refractivity contribution in [1.82, 2.24) is 14.8 Å². The Morgan fingerprint density at radius 3 is 2.76 bits per heavy atom. The van der Waals surface area contributed by atoms with Gasteiger partial charge in [0, 0.05) is 26.8 Å². The third-order valence-electron chi connectivity index (χ3n) is 2.63. The van der Waals surface area contributed by atoms with Gasteiger partial charge in [0.15, 0.2) is 5.82 Å². The summed E-state index contributed by atoms with van der Waals surface area (Å²) in [7, 11) is 1.70. The lowest BCUT2D eigenvalue weighted by molar-refractivity contribution is 0.190. The van der Waals surface area contributed by atoms with Crippen LogP contribution in [0.1, 0.15) is 38.6 Å². The first-order chi connectivity index (χ1) is 8.24. The molecule has 0 aromatic carbocycles. The highest BCUT2D eigenvalue weighted by molar-refractivity contribution is 5.26. The summed E-state index contributed by atoms with van der Waals surface area (Å²) in [5.41, 5.74) is 6.11. The van der Waals surface area contributed by atoms with Crippen LogP contribution in [0.3, 0.4) is 0 Å². The van der Waals surface area contributed by atoms with Crippen LogP contribution in [0.5, 0.6) is 0 Å². The Labute approximate surface area is 103 Å². The summed E-state index contributed by atoms with van der Waals surface area (Å²) in [4.78, 5) is 0. The van der Waals surface area contributed by atoms with E-state index >= 15 is 0 Å². The molecule has 1 atom stereocenters. The lowest BCUT2D eigenvalue weighted by Crippen LogP contribution is -2.18. The number of hydrogen-bond acceptors (Lipinski definition) is 5. The zero-order valence-electron chi connectivity index (χ0n) is 10.9. The van der Waals surface area contributed by atoms with Gasteiger partial charge in [0.25, 0.3) is 0 Å². The molecule has 0 aliphatic carbocycles. The van der Waals surface area contributed by atoms with E-state index in [-0.39, 0.29) is 6.04 Å². The predicted octanol–water partition coefficient (Wildman–Crippen LogP) is 1.16. The third-order valence-corrected chi connectivity index (χ3v) is 2.63. The second-order valence-corrected chi connectivity index (χ2v) is 3.90. The molecule has 0 aliphatic heterocycles. The summed E-state index contributed by atoms with van der Waals surface area (Å²) in [6.07, 6.45) is 1.79. The number of nitrogens with zero attached hydrogens (tertiary/aromatic N) is 3. The monoisotopic (exact) mass is 241 g/mol. The summed E-state index contributed by atoms with van der Waals surface area (Å²) in [5, 5.41) is 11.5. The topological polar surface area (TPSA) is 78.0 Å². The summed E-state index contributed by atoms with van der Waals surface area (Å²) in [6, 6.07) is -0.0787. The molecule has 0 aliphatic rings. The molecule has 0 radical (unpaired) electrons. The summed E-state index contributed by atoms with van der Waals surface area (Å²) in [5.74, 6) is 1.65. The SMILES string of the molecule is CCNc1nnc(C(N)CCCOC)n1CC. The maximum absolute atomic E-state index is 6.11. The first-order valence-electron chi connectivity index (χ1n) is 6.16. The fourth-order valence-electron chi connectivity index (χ4n) is 1.77. The van der Waals surface area contributed by atoms with E-state index in [0.29, 0.717) is 0 Å². The Balaban J connectivity index is 2.68. The van der Waals surface area contributed by atoms with Crippen LogP contribution in [-0.2, 0) is 11.3 Å². The standard InChI is InChI=1S/C11H23N5O/c1-4-13-11-15-14-10(16(11)5-2)9(12)7-6-8-17-3/h9H,4-8,12H2,1-3H3,(H,13,15). The minimum atomic E-state index is -0.0787. The van der Waals surface area contributed by atoms with Gasteiger partial charge < -0.3 is 15.8 Å². The molecular formula is C11H23N5O. The van der Waals surface area contributed by atoms with E-state index < -0.39 is 0 Å². The highest BCUT2D eigenvalue weighted by Crippen LogP contribution is 2.17. The van der Waals surface area contributed by atoms with Crippen LogP contribution in [0.4, 0.5) is 5.95 Å². The van der Waals surface area contributed by atoms with E-state index in [2.05, 4.69) is 22.4 Å². The van der Waals surface area contributed by atoms with Crippen molar-refractivity contribution in [3.63, 3.8) is 0 Å². The lowest BCUT2D eigenvalue weighted by Gasteiger charge is -2.13. The maximum Gasteiger partial charge on any atom is 0.224 e. The largest absolute Gasteiger partial charge is 0.385 e. The number of nitrogens with two attached hydrogens (primary N) is 1. The number of methoxy groups -OCH3 is 1. The van der Waals surface area contributed by atoms with Gasteiger partial charge in [-0.3, -0.25) is 4.57 Å². The van der Waals surface area contributed by atoms with Crippen molar-refractivity contribution in [1.29, 1.82) is 0 Å². The average Bonchev–Trinajstić information content (AvgIpc) is 2.72. The fraction of sp³-hybridized carbons (Fsp3) is 0.818. The van der Waals surface area contributed by atoms with Crippen LogP contribution in [0.25, 0.3) is 0 Å². The quantitative estimate of drug-likeness (QED) is 0.668. The number of ether oxygens (including phenoxy) is 1. The van der Waals surface area contributed by atoms with Crippen molar-refractivity contribution in [2.45, 2.75) is 39.3 Å². The summed E-state index contributed by atoms with van der Waals surface area (Å²) in [6.45, 7) is 6.48. The zero-order valence-corrected chi connectivity index (χ0v) is 10.9. The highest BCUT2D eigenvalue weighted by Gasteiger charge is 2.16. The van der Waals surface area contributed by atoms with Crippen LogP contribution in [0.2, 0.25) is 0 Å². The average molecular weight is 241 g/mol. The van der Waals surface area contributed by atoms with Crippen LogP contribution in [-0.4, -0.2) is 35.0 Å². The molecule has 6 heteroatoms. The van der Waals surface area contributed by atoms with Gasteiger partial charge in [0.2, 0.25) is 5.95 Å². The molecule has 1 heterocycles. The molecule has 17 heavy (non-hydrogen) atoms. The van der Waals surface area contributed by atoms with Gasteiger partial charge in [0.05, 0.1) is 6.04 Å². The fourth-order valence-corrected chi connectivity index (χ4v) is 1.77. The van der Waals surface area contributed by atoms with E-state index in [1.54, 1.807) is 7.11 Å². The smallest absolute Gasteiger partial charge is 0.224 e. The number of anilines is 1. The van der Waals surface area contributed by atoms with E-state index in [9.17, 15) is 0 Å². The molecule has 0 saturated carbocycles. The molecule has 0 bridgehead atoms. The van der Waals surface area contributed by atoms with Crippen LogP contribution >= 0.6 is 0 Å².